The monoisotopic (exact) mass is 582 g/mol. The number of hydrogen-bond donors (Lipinski definition) is 2. The summed E-state index contributed by atoms with van der Waals surface area (Å²) in [6.45, 7) is 2.83. The SMILES string of the molecule is CC(=O)Cn1c(C(=O)NCC2CC2)nc(NC(=O)c2cc(F)cc(C(F)(F)F)c2)c1[C@@H](C)c1cc(F)ccc1Cl. The second kappa shape index (κ2) is 11.4. The van der Waals surface area contributed by atoms with E-state index in [0.717, 1.165) is 25.0 Å². The third-order valence-corrected chi connectivity index (χ3v) is 6.74. The maximum absolute atomic E-state index is 14.2. The average Bonchev–Trinajstić information content (AvgIpc) is 3.64. The Balaban J connectivity index is 1.83. The highest BCUT2D eigenvalue weighted by atomic mass is 35.5. The number of nitrogens with one attached hydrogen (secondary N) is 2. The molecule has 2 N–H and O–H groups in total. The van der Waals surface area contributed by atoms with Gasteiger partial charge in [-0.3, -0.25) is 14.4 Å². The molecule has 1 heterocycles. The standard InChI is InChI=1S/C27H24ClF5N4O3/c1-13(38)12-37-22(14(2)20-10-18(29)5-6-21(20)28)23(35-24(37)26(40)34-11-15-3-4-15)36-25(39)16-7-17(27(31,32)33)9-19(30)8-16/h5-10,14-15H,3-4,11-12H2,1-2H3,(H,34,40)(H,36,39)/t14-/m0/s1. The summed E-state index contributed by atoms with van der Waals surface area (Å²) >= 11 is 6.31. The largest absolute Gasteiger partial charge is 0.416 e. The maximum atomic E-state index is 14.2. The van der Waals surface area contributed by atoms with Crippen LogP contribution in [0.5, 0.6) is 0 Å². The fraction of sp³-hybridized carbons (Fsp3) is 0.333. The van der Waals surface area contributed by atoms with Crippen LogP contribution in [0.2, 0.25) is 5.02 Å². The zero-order chi connectivity index (χ0) is 29.4. The number of benzene rings is 2. The number of alkyl halides is 3. The number of carbonyl (C=O) groups excluding carboxylic acids is 3. The van der Waals surface area contributed by atoms with Crippen LogP contribution in [0.4, 0.5) is 27.8 Å². The fourth-order valence-corrected chi connectivity index (χ4v) is 4.53. The van der Waals surface area contributed by atoms with Crippen LogP contribution in [0.25, 0.3) is 0 Å². The van der Waals surface area contributed by atoms with Gasteiger partial charge in [0.2, 0.25) is 5.82 Å². The number of rotatable bonds is 9. The molecule has 2 amide bonds. The number of nitrogens with zero attached hydrogens (tertiary/aromatic N) is 2. The van der Waals surface area contributed by atoms with Crippen molar-refractivity contribution in [3.63, 3.8) is 0 Å². The molecule has 2 aromatic carbocycles. The van der Waals surface area contributed by atoms with Gasteiger partial charge in [0.1, 0.15) is 17.4 Å². The lowest BCUT2D eigenvalue weighted by molar-refractivity contribution is -0.137. The Bertz CT molecular complexity index is 1480. The van der Waals surface area contributed by atoms with Crippen LogP contribution in [-0.4, -0.2) is 33.7 Å². The molecule has 1 aliphatic carbocycles. The lowest BCUT2D eigenvalue weighted by Gasteiger charge is -2.19. The van der Waals surface area contributed by atoms with Crippen LogP contribution in [0.3, 0.4) is 0 Å². The second-order valence-corrected chi connectivity index (χ2v) is 10.1. The topological polar surface area (TPSA) is 93.1 Å². The average molecular weight is 583 g/mol. The number of imidazole rings is 1. The quantitative estimate of drug-likeness (QED) is 0.304. The first kappa shape index (κ1) is 29.2. The van der Waals surface area contributed by atoms with Gasteiger partial charge in [-0.2, -0.15) is 13.2 Å². The number of ketones is 1. The first-order valence-corrected chi connectivity index (χ1v) is 12.6. The van der Waals surface area contributed by atoms with Gasteiger partial charge in [-0.15, -0.1) is 0 Å². The zero-order valence-electron chi connectivity index (χ0n) is 21.3. The smallest absolute Gasteiger partial charge is 0.349 e. The summed E-state index contributed by atoms with van der Waals surface area (Å²) in [4.78, 5) is 42.6. The number of aromatic nitrogens is 2. The summed E-state index contributed by atoms with van der Waals surface area (Å²) in [7, 11) is 0. The maximum Gasteiger partial charge on any atom is 0.416 e. The number of halogens is 6. The molecule has 1 atom stereocenters. The third-order valence-electron chi connectivity index (χ3n) is 6.39. The normalized spacial score (nSPS) is 14.1. The fourth-order valence-electron chi connectivity index (χ4n) is 4.25. The predicted octanol–water partition coefficient (Wildman–Crippen LogP) is 5.97. The first-order chi connectivity index (χ1) is 18.7. The van der Waals surface area contributed by atoms with Gasteiger partial charge in [0.05, 0.1) is 17.8 Å². The molecule has 1 aromatic heterocycles. The van der Waals surface area contributed by atoms with Gasteiger partial charge in [0, 0.05) is 23.0 Å². The molecule has 3 aromatic rings. The summed E-state index contributed by atoms with van der Waals surface area (Å²) in [6.07, 6.45) is -3.03. The van der Waals surface area contributed by atoms with Crippen LogP contribution in [-0.2, 0) is 17.5 Å². The van der Waals surface area contributed by atoms with Gasteiger partial charge in [-0.05, 0) is 67.6 Å². The van der Waals surface area contributed by atoms with Crippen molar-refractivity contribution >= 4 is 35.0 Å². The van der Waals surface area contributed by atoms with E-state index in [2.05, 4.69) is 15.6 Å². The van der Waals surface area contributed by atoms with E-state index in [9.17, 15) is 36.3 Å². The van der Waals surface area contributed by atoms with Gasteiger partial charge in [-0.1, -0.05) is 18.5 Å². The summed E-state index contributed by atoms with van der Waals surface area (Å²) in [5.74, 6) is -5.21. The minimum atomic E-state index is -4.92. The van der Waals surface area contributed by atoms with Crippen LogP contribution >= 0.6 is 11.6 Å². The molecule has 1 fully saturated rings. The number of hydrogen-bond acceptors (Lipinski definition) is 4. The number of Topliss-reactive ketones (excluding diaryl/α,β-unsaturated/α-hetero) is 1. The minimum absolute atomic E-state index is 0.0695. The van der Waals surface area contributed by atoms with Crippen molar-refractivity contribution < 1.29 is 36.3 Å². The number of anilines is 1. The Morgan fingerprint density at radius 2 is 1.77 bits per heavy atom. The molecule has 0 bridgehead atoms. The highest BCUT2D eigenvalue weighted by molar-refractivity contribution is 6.31. The summed E-state index contributed by atoms with van der Waals surface area (Å²) < 4.78 is 69.1. The van der Waals surface area contributed by atoms with E-state index in [-0.39, 0.29) is 46.3 Å². The van der Waals surface area contributed by atoms with E-state index in [0.29, 0.717) is 24.6 Å². The van der Waals surface area contributed by atoms with Gasteiger partial charge in [-0.25, -0.2) is 13.8 Å². The molecule has 0 aliphatic heterocycles. The van der Waals surface area contributed by atoms with Crippen molar-refractivity contribution in [1.29, 1.82) is 0 Å². The van der Waals surface area contributed by atoms with Crippen molar-refractivity contribution in [2.24, 2.45) is 5.92 Å². The molecule has 0 radical (unpaired) electrons. The van der Waals surface area contributed by atoms with Gasteiger partial charge in [0.25, 0.3) is 11.8 Å². The van der Waals surface area contributed by atoms with Crippen LogP contribution in [0.1, 0.15) is 70.4 Å². The van der Waals surface area contributed by atoms with E-state index in [1.165, 1.54) is 17.6 Å². The van der Waals surface area contributed by atoms with E-state index in [1.807, 2.05) is 0 Å². The van der Waals surface area contributed by atoms with Gasteiger partial charge in [0.15, 0.2) is 5.82 Å². The Morgan fingerprint density at radius 1 is 1.07 bits per heavy atom. The Morgan fingerprint density at radius 3 is 2.40 bits per heavy atom. The molecule has 4 rings (SSSR count). The van der Waals surface area contributed by atoms with E-state index in [4.69, 9.17) is 11.6 Å². The zero-order valence-corrected chi connectivity index (χ0v) is 22.1. The van der Waals surface area contributed by atoms with Gasteiger partial charge < -0.3 is 15.2 Å². The second-order valence-electron chi connectivity index (χ2n) is 9.68. The van der Waals surface area contributed by atoms with Crippen LogP contribution in [0.15, 0.2) is 36.4 Å². The molecule has 0 saturated heterocycles. The molecule has 1 aliphatic rings. The molecular weight excluding hydrogens is 559 g/mol. The van der Waals surface area contributed by atoms with Crippen molar-refractivity contribution in [3.05, 3.63) is 81.3 Å². The summed E-state index contributed by atoms with van der Waals surface area (Å²) in [5.41, 5.74) is -1.73. The van der Waals surface area contributed by atoms with E-state index in [1.54, 1.807) is 6.92 Å². The Hall–Kier alpha value is -3.80. The predicted molar refractivity (Wildman–Crippen MR) is 136 cm³/mol. The minimum Gasteiger partial charge on any atom is -0.349 e. The molecule has 212 valence electrons. The lowest BCUT2D eigenvalue weighted by Crippen LogP contribution is -2.29. The van der Waals surface area contributed by atoms with Crippen molar-refractivity contribution in [2.75, 3.05) is 11.9 Å². The molecule has 1 saturated carbocycles. The summed E-state index contributed by atoms with van der Waals surface area (Å²) in [5, 5.41) is 5.21. The molecule has 7 nitrogen and oxygen atoms in total. The molecule has 40 heavy (non-hydrogen) atoms. The van der Waals surface area contributed by atoms with E-state index < -0.39 is 46.7 Å². The van der Waals surface area contributed by atoms with Crippen molar-refractivity contribution in [1.82, 2.24) is 14.9 Å². The Labute approximate surface area is 230 Å². The van der Waals surface area contributed by atoms with Crippen LogP contribution in [0, 0.1) is 17.6 Å². The van der Waals surface area contributed by atoms with Crippen LogP contribution < -0.4 is 10.6 Å². The number of carbonyl (C=O) groups is 3. The molecule has 13 heteroatoms. The molecular formula is C27H24ClF5N4O3. The third kappa shape index (κ3) is 6.67. The lowest BCUT2D eigenvalue weighted by atomic mass is 9.96. The summed E-state index contributed by atoms with van der Waals surface area (Å²) in [6, 6.07) is 4.92. The Kier molecular flexibility index (Phi) is 8.29. The van der Waals surface area contributed by atoms with E-state index >= 15 is 0 Å². The van der Waals surface area contributed by atoms with Crippen molar-refractivity contribution in [3.8, 4) is 0 Å². The highest BCUT2D eigenvalue weighted by Crippen LogP contribution is 2.36. The number of amides is 2. The molecule has 0 spiro atoms. The first-order valence-electron chi connectivity index (χ1n) is 12.3. The molecule has 0 unspecified atom stereocenters. The highest BCUT2D eigenvalue weighted by Gasteiger charge is 2.33. The van der Waals surface area contributed by atoms with Crippen molar-refractivity contribution in [2.45, 2.75) is 45.3 Å². The van der Waals surface area contributed by atoms with Gasteiger partial charge >= 0.3 is 6.18 Å².